The van der Waals surface area contributed by atoms with Gasteiger partial charge in [-0.2, -0.15) is 0 Å². The van der Waals surface area contributed by atoms with Gasteiger partial charge < -0.3 is 20.3 Å². The zero-order valence-corrected chi connectivity index (χ0v) is 17.2. The van der Waals surface area contributed by atoms with Crippen molar-refractivity contribution in [2.24, 2.45) is 0 Å². The fourth-order valence-electron chi connectivity index (χ4n) is 4.59. The molecule has 0 spiro atoms. The van der Waals surface area contributed by atoms with Crippen LogP contribution in [0.15, 0.2) is 72.8 Å². The van der Waals surface area contributed by atoms with Crippen LogP contribution in [0.25, 0.3) is 11.1 Å². The van der Waals surface area contributed by atoms with Gasteiger partial charge in [0.25, 0.3) is 0 Å². The van der Waals surface area contributed by atoms with E-state index in [0.717, 1.165) is 16.9 Å². The van der Waals surface area contributed by atoms with Crippen molar-refractivity contribution in [3.63, 3.8) is 0 Å². The summed E-state index contributed by atoms with van der Waals surface area (Å²) in [6.45, 7) is 1.29. The number of piperazine rings is 1. The van der Waals surface area contributed by atoms with Crippen LogP contribution in [0.3, 0.4) is 0 Å². The fourth-order valence-corrected chi connectivity index (χ4v) is 4.59. The summed E-state index contributed by atoms with van der Waals surface area (Å²) < 4.78 is 18.4. The van der Waals surface area contributed by atoms with Gasteiger partial charge in [-0.05, 0) is 53.1 Å². The highest BCUT2D eigenvalue weighted by molar-refractivity contribution is 5.89. The van der Waals surface area contributed by atoms with Crippen LogP contribution < -0.4 is 15.4 Å². The largest absolute Gasteiger partial charge is 0.497 e. The van der Waals surface area contributed by atoms with Gasteiger partial charge in [0.05, 0.1) is 7.11 Å². The Morgan fingerprint density at radius 3 is 2.39 bits per heavy atom. The maximum atomic E-state index is 13.1. The van der Waals surface area contributed by atoms with Crippen molar-refractivity contribution in [2.75, 3.05) is 25.5 Å². The van der Waals surface area contributed by atoms with E-state index < -0.39 is 0 Å². The average molecular weight is 417 g/mol. The van der Waals surface area contributed by atoms with Gasteiger partial charge in [-0.3, -0.25) is 0 Å². The first-order valence-electron chi connectivity index (χ1n) is 10.4. The number of urea groups is 1. The van der Waals surface area contributed by atoms with Gasteiger partial charge in [0.15, 0.2) is 0 Å². The molecule has 3 saturated heterocycles. The van der Waals surface area contributed by atoms with Crippen LogP contribution in [0.1, 0.15) is 11.5 Å². The number of ether oxygens (including phenoxy) is 1. The second-order valence-electron chi connectivity index (χ2n) is 8.10. The SMILES string of the molecule is COc1cccc(-c2ccc(C3[C@@H]4CN(C(=O)Nc5ccc(F)cc5)C[C@H]3N4)cc2)c1. The van der Waals surface area contributed by atoms with E-state index in [9.17, 15) is 9.18 Å². The van der Waals surface area contributed by atoms with Gasteiger partial charge >= 0.3 is 6.03 Å². The Labute approximate surface area is 180 Å². The number of halogens is 1. The third-order valence-corrected chi connectivity index (χ3v) is 6.21. The molecule has 0 aromatic heterocycles. The molecule has 6 heteroatoms. The molecular weight excluding hydrogens is 393 g/mol. The van der Waals surface area contributed by atoms with Crippen LogP contribution in [0.5, 0.6) is 5.75 Å². The van der Waals surface area contributed by atoms with Crippen LogP contribution in [-0.4, -0.2) is 43.2 Å². The molecule has 1 unspecified atom stereocenters. The molecule has 0 aliphatic carbocycles. The summed E-state index contributed by atoms with van der Waals surface area (Å²) >= 11 is 0. The van der Waals surface area contributed by atoms with Crippen molar-refractivity contribution in [2.45, 2.75) is 18.0 Å². The van der Waals surface area contributed by atoms with Crippen molar-refractivity contribution < 1.29 is 13.9 Å². The quantitative estimate of drug-likeness (QED) is 0.659. The summed E-state index contributed by atoms with van der Waals surface area (Å²) in [5, 5.41) is 6.41. The third kappa shape index (κ3) is 3.86. The molecule has 0 saturated carbocycles. The molecule has 3 atom stereocenters. The number of anilines is 1. The van der Waals surface area contributed by atoms with E-state index in [4.69, 9.17) is 4.74 Å². The number of carbonyl (C=O) groups excluding carboxylic acids is 1. The van der Waals surface area contributed by atoms with Gasteiger partial charge in [0.1, 0.15) is 11.6 Å². The summed E-state index contributed by atoms with van der Waals surface area (Å²) in [5.41, 5.74) is 4.17. The van der Waals surface area contributed by atoms with E-state index in [2.05, 4.69) is 41.0 Å². The highest BCUT2D eigenvalue weighted by Crippen LogP contribution is 2.38. The molecule has 3 aliphatic rings. The fraction of sp³-hybridized carbons (Fsp3) is 0.240. The normalized spacial score (nSPS) is 21.9. The predicted molar refractivity (Wildman–Crippen MR) is 119 cm³/mol. The number of rotatable bonds is 4. The third-order valence-electron chi connectivity index (χ3n) is 6.21. The van der Waals surface area contributed by atoms with Crippen LogP contribution in [-0.2, 0) is 0 Å². The van der Waals surface area contributed by atoms with Crippen molar-refractivity contribution in [1.29, 1.82) is 0 Å². The summed E-state index contributed by atoms with van der Waals surface area (Å²) in [7, 11) is 1.67. The Hall–Kier alpha value is -3.38. The molecule has 6 rings (SSSR count). The molecule has 158 valence electrons. The van der Waals surface area contributed by atoms with Crippen molar-refractivity contribution in [1.82, 2.24) is 10.2 Å². The number of benzene rings is 3. The molecule has 3 aromatic carbocycles. The van der Waals surface area contributed by atoms with Crippen molar-refractivity contribution in [3.8, 4) is 16.9 Å². The zero-order chi connectivity index (χ0) is 21.4. The molecule has 31 heavy (non-hydrogen) atoms. The monoisotopic (exact) mass is 417 g/mol. The minimum atomic E-state index is -0.318. The molecule has 3 aromatic rings. The molecule has 3 heterocycles. The lowest BCUT2D eigenvalue weighted by molar-refractivity contribution is 0.0759. The average Bonchev–Trinajstić information content (AvgIpc) is 2.81. The number of hydrogen-bond acceptors (Lipinski definition) is 3. The lowest BCUT2D eigenvalue weighted by atomic mass is 9.74. The van der Waals surface area contributed by atoms with E-state index in [0.29, 0.717) is 24.7 Å². The summed E-state index contributed by atoms with van der Waals surface area (Å²) in [6, 6.07) is 22.9. The van der Waals surface area contributed by atoms with E-state index in [1.54, 1.807) is 19.2 Å². The number of fused-ring (bicyclic) bond motifs is 2. The van der Waals surface area contributed by atoms with Crippen LogP contribution >= 0.6 is 0 Å². The molecule has 2 bridgehead atoms. The molecule has 5 nitrogen and oxygen atoms in total. The Bertz CT molecular complexity index is 1070. The van der Waals surface area contributed by atoms with Crippen LogP contribution in [0.4, 0.5) is 14.9 Å². The Morgan fingerprint density at radius 2 is 1.71 bits per heavy atom. The van der Waals surface area contributed by atoms with Gasteiger partial charge in [-0.1, -0.05) is 36.4 Å². The standard InChI is InChI=1S/C25H24FN3O2/c1-31-21-4-2-3-18(13-21)16-5-7-17(8-6-16)24-22-14-29(15-23(24)28-22)25(30)27-20-11-9-19(26)10-12-20/h2-13,22-24,28H,14-15H2,1H3,(H,27,30)/t22-,23+,24?. The number of piperidine rings is 1. The number of nitrogens with one attached hydrogen (secondary N) is 2. The van der Waals surface area contributed by atoms with Crippen molar-refractivity contribution in [3.05, 3.63) is 84.2 Å². The Kier molecular flexibility index (Phi) is 5.08. The van der Waals surface area contributed by atoms with Gasteiger partial charge in [-0.25, -0.2) is 9.18 Å². The zero-order valence-electron chi connectivity index (χ0n) is 17.2. The first kappa shape index (κ1) is 19.6. The number of hydrogen-bond donors (Lipinski definition) is 2. The van der Waals surface area contributed by atoms with E-state index in [1.807, 2.05) is 23.1 Å². The second kappa shape index (κ2) is 8.04. The number of carbonyl (C=O) groups is 1. The Morgan fingerprint density at radius 1 is 1.00 bits per heavy atom. The van der Waals surface area contributed by atoms with Crippen molar-refractivity contribution >= 4 is 11.7 Å². The first-order chi connectivity index (χ1) is 15.1. The molecular formula is C25H24FN3O2. The number of nitrogens with zero attached hydrogens (tertiary/aromatic N) is 1. The maximum absolute atomic E-state index is 13.1. The molecule has 3 fully saturated rings. The molecule has 3 aliphatic heterocycles. The smallest absolute Gasteiger partial charge is 0.321 e. The van der Waals surface area contributed by atoms with Gasteiger partial charge in [-0.15, -0.1) is 0 Å². The minimum absolute atomic E-state index is 0.144. The topological polar surface area (TPSA) is 53.6 Å². The lowest BCUT2D eigenvalue weighted by Crippen LogP contribution is -2.72. The maximum Gasteiger partial charge on any atom is 0.321 e. The minimum Gasteiger partial charge on any atom is -0.497 e. The molecule has 2 amide bonds. The lowest BCUT2D eigenvalue weighted by Gasteiger charge is -2.54. The van der Waals surface area contributed by atoms with Crippen LogP contribution in [0, 0.1) is 5.82 Å². The first-order valence-corrected chi connectivity index (χ1v) is 10.4. The molecule has 2 N–H and O–H groups in total. The summed E-state index contributed by atoms with van der Waals surface area (Å²) in [4.78, 5) is 14.4. The highest BCUT2D eigenvalue weighted by Gasteiger charge is 2.48. The highest BCUT2D eigenvalue weighted by atomic mass is 19.1. The summed E-state index contributed by atoms with van der Waals surface area (Å²) in [5.74, 6) is 0.925. The van der Waals surface area contributed by atoms with Gasteiger partial charge in [0.2, 0.25) is 0 Å². The second-order valence-corrected chi connectivity index (χ2v) is 8.10. The number of methoxy groups -OCH3 is 1. The van der Waals surface area contributed by atoms with Gasteiger partial charge in [0, 0.05) is 36.8 Å². The van der Waals surface area contributed by atoms with Crippen LogP contribution in [0.2, 0.25) is 0 Å². The van der Waals surface area contributed by atoms with E-state index in [-0.39, 0.29) is 23.9 Å². The van der Waals surface area contributed by atoms with E-state index >= 15 is 0 Å². The van der Waals surface area contributed by atoms with E-state index in [1.165, 1.54) is 17.7 Å². The predicted octanol–water partition coefficient (Wildman–Crippen LogP) is 4.47. The molecule has 0 radical (unpaired) electrons. The number of amides is 2. The summed E-state index contributed by atoms with van der Waals surface area (Å²) in [6.07, 6.45) is 0. The Balaban J connectivity index is 1.23.